The Balaban J connectivity index is 2.65. The van der Waals surface area contributed by atoms with Gasteiger partial charge in [-0.25, -0.2) is 0 Å². The maximum atomic E-state index is 9.32. The Bertz CT molecular complexity index is 315. The lowest BCUT2D eigenvalue weighted by atomic mass is 10.3. The fraction of sp³-hybridized carbons (Fsp3) is 0.583. The van der Waals surface area contributed by atoms with Crippen LogP contribution in [-0.4, -0.2) is 36.3 Å². The molecule has 0 aliphatic rings. The molecule has 1 aromatic heterocycles. The van der Waals surface area contributed by atoms with Gasteiger partial charge in [-0.15, -0.1) is 0 Å². The van der Waals surface area contributed by atoms with Gasteiger partial charge in [0.05, 0.1) is 29.9 Å². The summed E-state index contributed by atoms with van der Waals surface area (Å²) in [6, 6.07) is 2.05. The Morgan fingerprint density at radius 2 is 2.25 bits per heavy atom. The van der Waals surface area contributed by atoms with E-state index in [4.69, 9.17) is 0 Å². The quantitative estimate of drug-likeness (QED) is 0.771. The van der Waals surface area contributed by atoms with Crippen molar-refractivity contribution in [3.63, 3.8) is 0 Å². The second-order valence-corrected chi connectivity index (χ2v) is 4.09. The SMILES string of the molecule is CCCNc1cncc(N(C)CC(C)O)c1. The molecule has 0 saturated carbocycles. The summed E-state index contributed by atoms with van der Waals surface area (Å²) >= 11 is 0. The number of likely N-dealkylation sites (N-methyl/N-ethyl adjacent to an activating group) is 1. The van der Waals surface area contributed by atoms with E-state index in [1.54, 1.807) is 13.1 Å². The minimum absolute atomic E-state index is 0.336. The molecule has 1 unspecified atom stereocenters. The summed E-state index contributed by atoms with van der Waals surface area (Å²) < 4.78 is 0. The van der Waals surface area contributed by atoms with E-state index < -0.39 is 0 Å². The zero-order valence-corrected chi connectivity index (χ0v) is 10.3. The Morgan fingerprint density at radius 3 is 2.88 bits per heavy atom. The van der Waals surface area contributed by atoms with Crippen molar-refractivity contribution in [3.05, 3.63) is 18.5 Å². The predicted octanol–water partition coefficient (Wildman–Crippen LogP) is 1.72. The molecule has 0 amide bonds. The maximum absolute atomic E-state index is 9.32. The normalized spacial score (nSPS) is 12.2. The zero-order valence-electron chi connectivity index (χ0n) is 10.3. The van der Waals surface area contributed by atoms with Crippen LogP contribution in [0, 0.1) is 0 Å². The largest absolute Gasteiger partial charge is 0.392 e. The molecule has 90 valence electrons. The van der Waals surface area contributed by atoms with Gasteiger partial charge in [0.15, 0.2) is 0 Å². The lowest BCUT2D eigenvalue weighted by molar-refractivity contribution is 0.201. The maximum Gasteiger partial charge on any atom is 0.0686 e. The number of hydrogen-bond acceptors (Lipinski definition) is 4. The average Bonchev–Trinajstić information content (AvgIpc) is 2.26. The first kappa shape index (κ1) is 12.8. The molecule has 1 rings (SSSR count). The van der Waals surface area contributed by atoms with E-state index in [1.165, 1.54) is 0 Å². The van der Waals surface area contributed by atoms with Gasteiger partial charge in [0.25, 0.3) is 0 Å². The van der Waals surface area contributed by atoms with Crippen molar-refractivity contribution in [2.24, 2.45) is 0 Å². The summed E-state index contributed by atoms with van der Waals surface area (Å²) in [5.41, 5.74) is 2.04. The van der Waals surface area contributed by atoms with Crippen molar-refractivity contribution >= 4 is 11.4 Å². The van der Waals surface area contributed by atoms with Crippen LogP contribution in [-0.2, 0) is 0 Å². The molecule has 0 aliphatic carbocycles. The summed E-state index contributed by atoms with van der Waals surface area (Å²) in [6.45, 7) is 5.47. The molecule has 0 saturated heterocycles. The molecular weight excluding hydrogens is 202 g/mol. The van der Waals surface area contributed by atoms with E-state index in [9.17, 15) is 5.11 Å². The van der Waals surface area contributed by atoms with Crippen molar-refractivity contribution in [3.8, 4) is 0 Å². The molecule has 0 aromatic carbocycles. The first-order chi connectivity index (χ1) is 7.63. The molecule has 1 aromatic rings. The van der Waals surface area contributed by atoms with Gasteiger partial charge in [-0.3, -0.25) is 4.98 Å². The van der Waals surface area contributed by atoms with E-state index in [0.29, 0.717) is 6.54 Å². The molecule has 4 heteroatoms. The first-order valence-corrected chi connectivity index (χ1v) is 5.71. The highest BCUT2D eigenvalue weighted by atomic mass is 16.3. The number of rotatable bonds is 6. The third-order valence-corrected chi connectivity index (χ3v) is 2.28. The number of pyridine rings is 1. The highest BCUT2D eigenvalue weighted by Gasteiger charge is 2.05. The summed E-state index contributed by atoms with van der Waals surface area (Å²) in [6.07, 6.45) is 4.38. The molecule has 1 heterocycles. The minimum atomic E-state index is -0.336. The fourth-order valence-corrected chi connectivity index (χ4v) is 1.50. The van der Waals surface area contributed by atoms with Crippen LogP contribution < -0.4 is 10.2 Å². The lowest BCUT2D eigenvalue weighted by Gasteiger charge is -2.21. The number of aliphatic hydroxyl groups is 1. The predicted molar refractivity (Wildman–Crippen MR) is 68.0 cm³/mol. The number of nitrogens with zero attached hydrogens (tertiary/aromatic N) is 2. The molecule has 0 aliphatic heterocycles. The van der Waals surface area contributed by atoms with Crippen LogP contribution in [0.25, 0.3) is 0 Å². The van der Waals surface area contributed by atoms with Crippen LogP contribution in [0.1, 0.15) is 20.3 Å². The standard InChI is InChI=1S/C12H21N3O/c1-4-5-14-11-6-12(8-13-7-11)15(3)9-10(2)16/h6-8,10,14,16H,4-5,9H2,1-3H3. The Hall–Kier alpha value is -1.29. The molecular formula is C12H21N3O. The van der Waals surface area contributed by atoms with Crippen LogP contribution in [0.2, 0.25) is 0 Å². The van der Waals surface area contributed by atoms with E-state index in [-0.39, 0.29) is 6.10 Å². The number of aromatic nitrogens is 1. The van der Waals surface area contributed by atoms with Crippen LogP contribution in [0.5, 0.6) is 0 Å². The van der Waals surface area contributed by atoms with Crippen molar-refractivity contribution in [2.75, 3.05) is 30.4 Å². The number of hydrogen-bond donors (Lipinski definition) is 2. The number of aliphatic hydroxyl groups excluding tert-OH is 1. The summed E-state index contributed by atoms with van der Waals surface area (Å²) in [7, 11) is 1.95. The summed E-state index contributed by atoms with van der Waals surface area (Å²) in [5, 5.41) is 12.6. The molecule has 4 nitrogen and oxygen atoms in total. The van der Waals surface area contributed by atoms with Crippen molar-refractivity contribution in [2.45, 2.75) is 26.4 Å². The lowest BCUT2D eigenvalue weighted by Crippen LogP contribution is -2.26. The summed E-state index contributed by atoms with van der Waals surface area (Å²) in [4.78, 5) is 6.17. The average molecular weight is 223 g/mol. The highest BCUT2D eigenvalue weighted by Crippen LogP contribution is 2.16. The Kier molecular flexibility index (Phi) is 5.05. The molecule has 1 atom stereocenters. The summed E-state index contributed by atoms with van der Waals surface area (Å²) in [5.74, 6) is 0. The van der Waals surface area contributed by atoms with Crippen LogP contribution >= 0.6 is 0 Å². The van der Waals surface area contributed by atoms with Crippen molar-refractivity contribution in [1.82, 2.24) is 4.98 Å². The van der Waals surface area contributed by atoms with Gasteiger partial charge >= 0.3 is 0 Å². The van der Waals surface area contributed by atoms with Gasteiger partial charge in [0.1, 0.15) is 0 Å². The smallest absolute Gasteiger partial charge is 0.0686 e. The fourth-order valence-electron chi connectivity index (χ4n) is 1.50. The van der Waals surface area contributed by atoms with E-state index in [2.05, 4.69) is 17.2 Å². The molecule has 0 fully saturated rings. The van der Waals surface area contributed by atoms with Gasteiger partial charge < -0.3 is 15.3 Å². The zero-order chi connectivity index (χ0) is 12.0. The van der Waals surface area contributed by atoms with Crippen molar-refractivity contribution < 1.29 is 5.11 Å². The first-order valence-electron chi connectivity index (χ1n) is 5.71. The third kappa shape index (κ3) is 4.06. The molecule has 0 bridgehead atoms. The van der Waals surface area contributed by atoms with Crippen LogP contribution in [0.4, 0.5) is 11.4 Å². The Labute approximate surface area is 97.3 Å². The third-order valence-electron chi connectivity index (χ3n) is 2.28. The second kappa shape index (κ2) is 6.33. The number of nitrogens with one attached hydrogen (secondary N) is 1. The van der Waals surface area contributed by atoms with Gasteiger partial charge in [-0.1, -0.05) is 6.92 Å². The van der Waals surface area contributed by atoms with Crippen LogP contribution in [0.3, 0.4) is 0 Å². The van der Waals surface area contributed by atoms with Gasteiger partial charge in [-0.05, 0) is 19.4 Å². The Morgan fingerprint density at radius 1 is 1.50 bits per heavy atom. The van der Waals surface area contributed by atoms with Crippen LogP contribution in [0.15, 0.2) is 18.5 Å². The van der Waals surface area contributed by atoms with E-state index in [1.807, 2.05) is 24.2 Å². The van der Waals surface area contributed by atoms with Gasteiger partial charge in [0, 0.05) is 20.1 Å². The minimum Gasteiger partial charge on any atom is -0.392 e. The second-order valence-electron chi connectivity index (χ2n) is 4.09. The molecule has 0 spiro atoms. The molecule has 0 radical (unpaired) electrons. The molecule has 2 N–H and O–H groups in total. The van der Waals surface area contributed by atoms with E-state index in [0.717, 1.165) is 24.3 Å². The monoisotopic (exact) mass is 223 g/mol. The van der Waals surface area contributed by atoms with Crippen molar-refractivity contribution in [1.29, 1.82) is 0 Å². The van der Waals surface area contributed by atoms with E-state index >= 15 is 0 Å². The highest BCUT2D eigenvalue weighted by molar-refractivity contribution is 5.55. The van der Waals surface area contributed by atoms with Gasteiger partial charge in [0.2, 0.25) is 0 Å². The number of anilines is 2. The van der Waals surface area contributed by atoms with Gasteiger partial charge in [-0.2, -0.15) is 0 Å². The topological polar surface area (TPSA) is 48.4 Å². The molecule has 16 heavy (non-hydrogen) atoms.